The van der Waals surface area contributed by atoms with Gasteiger partial charge in [-0.05, 0) is 25.0 Å². The molecule has 0 unspecified atom stereocenters. The molecule has 0 spiro atoms. The normalized spacial score (nSPS) is 14.3. The number of amides is 1. The summed E-state index contributed by atoms with van der Waals surface area (Å²) in [5.74, 6) is 0.321. The number of hydrogen-bond donors (Lipinski definition) is 1. The number of anilines is 1. The largest absolute Gasteiger partial charge is 0.325 e. The number of rotatable bonds is 5. The maximum absolute atomic E-state index is 11.8. The van der Waals surface area contributed by atoms with Crippen molar-refractivity contribution in [2.45, 2.75) is 24.0 Å². The molecule has 1 fully saturated rings. The predicted octanol–water partition coefficient (Wildman–Crippen LogP) is 2.34. The molecular weight excluding hydrogens is 260 g/mol. The van der Waals surface area contributed by atoms with Crippen LogP contribution in [0.3, 0.4) is 0 Å². The minimum atomic E-state index is -0.0263. The molecule has 1 aromatic carbocycles. The summed E-state index contributed by atoms with van der Waals surface area (Å²) in [4.78, 5) is 11.8. The second kappa shape index (κ2) is 5.44. The lowest BCUT2D eigenvalue weighted by Crippen LogP contribution is -2.14. The maximum atomic E-state index is 11.8. The summed E-state index contributed by atoms with van der Waals surface area (Å²) in [6.07, 6.45) is 4.11. The lowest BCUT2D eigenvalue weighted by Gasteiger charge is -2.05. The van der Waals surface area contributed by atoms with E-state index in [9.17, 15) is 4.79 Å². The fourth-order valence-electron chi connectivity index (χ4n) is 1.79. The van der Waals surface area contributed by atoms with Crippen molar-refractivity contribution in [1.82, 2.24) is 14.8 Å². The zero-order chi connectivity index (χ0) is 13.1. The van der Waals surface area contributed by atoms with E-state index in [0.717, 1.165) is 10.8 Å². The summed E-state index contributed by atoms with van der Waals surface area (Å²) in [5, 5.41) is 11.6. The summed E-state index contributed by atoms with van der Waals surface area (Å²) in [7, 11) is 0. The predicted molar refractivity (Wildman–Crippen MR) is 74.1 cm³/mol. The summed E-state index contributed by atoms with van der Waals surface area (Å²) in [5.41, 5.74) is 0.816. The van der Waals surface area contributed by atoms with Gasteiger partial charge in [-0.2, -0.15) is 0 Å². The zero-order valence-electron chi connectivity index (χ0n) is 10.3. The molecule has 6 heteroatoms. The molecular formula is C13H14N4OS. The third-order valence-corrected chi connectivity index (χ3v) is 3.83. The van der Waals surface area contributed by atoms with Crippen LogP contribution < -0.4 is 5.32 Å². The molecule has 0 atom stereocenters. The second-order valence-corrected chi connectivity index (χ2v) is 5.40. The van der Waals surface area contributed by atoms with Crippen molar-refractivity contribution in [2.24, 2.45) is 0 Å². The van der Waals surface area contributed by atoms with Gasteiger partial charge in [-0.25, -0.2) is 0 Å². The van der Waals surface area contributed by atoms with Crippen LogP contribution in [-0.2, 0) is 4.79 Å². The molecule has 1 aromatic heterocycles. The number of aromatic nitrogens is 3. The van der Waals surface area contributed by atoms with Crippen molar-refractivity contribution < 1.29 is 4.79 Å². The summed E-state index contributed by atoms with van der Waals surface area (Å²) < 4.78 is 2.06. The smallest absolute Gasteiger partial charge is 0.234 e. The topological polar surface area (TPSA) is 59.8 Å². The average Bonchev–Trinajstić information content (AvgIpc) is 3.16. The Labute approximate surface area is 115 Å². The van der Waals surface area contributed by atoms with Crippen LogP contribution in [-0.4, -0.2) is 26.4 Å². The van der Waals surface area contributed by atoms with Crippen LogP contribution >= 0.6 is 11.8 Å². The van der Waals surface area contributed by atoms with Crippen molar-refractivity contribution in [1.29, 1.82) is 0 Å². The Balaban J connectivity index is 1.54. The van der Waals surface area contributed by atoms with E-state index in [1.54, 1.807) is 6.33 Å². The fourth-order valence-corrected chi connectivity index (χ4v) is 2.57. The first-order valence-corrected chi connectivity index (χ1v) is 7.19. The zero-order valence-corrected chi connectivity index (χ0v) is 11.1. The summed E-state index contributed by atoms with van der Waals surface area (Å²) in [6, 6.07) is 9.99. The molecule has 5 nitrogen and oxygen atoms in total. The van der Waals surface area contributed by atoms with Gasteiger partial charge in [-0.3, -0.25) is 4.79 Å². The van der Waals surface area contributed by atoms with Gasteiger partial charge >= 0.3 is 0 Å². The molecule has 1 N–H and O–H groups in total. The monoisotopic (exact) mass is 274 g/mol. The van der Waals surface area contributed by atoms with Crippen molar-refractivity contribution >= 4 is 23.4 Å². The van der Waals surface area contributed by atoms with Crippen LogP contribution in [0.5, 0.6) is 0 Å². The number of hydrogen-bond acceptors (Lipinski definition) is 4. The molecule has 98 valence electrons. The first kappa shape index (κ1) is 12.2. The quantitative estimate of drug-likeness (QED) is 0.850. The van der Waals surface area contributed by atoms with Crippen molar-refractivity contribution in [3.05, 3.63) is 36.7 Å². The second-order valence-electron chi connectivity index (χ2n) is 4.45. The summed E-state index contributed by atoms with van der Waals surface area (Å²) in [6.45, 7) is 0. The van der Waals surface area contributed by atoms with Crippen LogP contribution in [0.1, 0.15) is 18.9 Å². The highest BCUT2D eigenvalue weighted by atomic mass is 32.2. The Bertz CT molecular complexity index is 565. The Morgan fingerprint density at radius 2 is 2.16 bits per heavy atom. The van der Waals surface area contributed by atoms with Gasteiger partial charge in [0, 0.05) is 11.7 Å². The number of para-hydroxylation sites is 1. The van der Waals surface area contributed by atoms with Crippen molar-refractivity contribution in [3.63, 3.8) is 0 Å². The first-order valence-electron chi connectivity index (χ1n) is 6.20. The Hall–Kier alpha value is -1.82. The van der Waals surface area contributed by atoms with Crippen LogP contribution in [0.25, 0.3) is 0 Å². The standard InChI is InChI=1S/C13H14N4OS/c18-12(15-10-4-2-1-3-5-10)8-19-13-16-14-9-17(13)11-6-7-11/h1-5,9,11H,6-8H2,(H,15,18). The molecule has 2 aromatic rings. The van der Waals surface area contributed by atoms with Crippen molar-refractivity contribution in [2.75, 3.05) is 11.1 Å². The number of benzene rings is 1. The van der Waals surface area contributed by atoms with Gasteiger partial charge in [0.25, 0.3) is 0 Å². The minimum absolute atomic E-state index is 0.0263. The van der Waals surface area contributed by atoms with Gasteiger partial charge in [0.15, 0.2) is 5.16 Å². The van der Waals surface area contributed by atoms with Gasteiger partial charge in [-0.1, -0.05) is 30.0 Å². The van der Waals surface area contributed by atoms with E-state index in [-0.39, 0.29) is 5.91 Å². The number of nitrogens with one attached hydrogen (secondary N) is 1. The molecule has 1 aliphatic rings. The van der Waals surface area contributed by atoms with Crippen LogP contribution in [0, 0.1) is 0 Å². The Morgan fingerprint density at radius 3 is 2.89 bits per heavy atom. The highest BCUT2D eigenvalue weighted by molar-refractivity contribution is 7.99. The van der Waals surface area contributed by atoms with Gasteiger partial charge in [0.2, 0.25) is 5.91 Å². The van der Waals surface area contributed by atoms with Gasteiger partial charge in [0.05, 0.1) is 5.75 Å². The molecule has 0 bridgehead atoms. The number of carbonyl (C=O) groups excluding carboxylic acids is 1. The number of carbonyl (C=O) groups is 1. The molecule has 0 aliphatic heterocycles. The Kier molecular flexibility index (Phi) is 3.50. The van der Waals surface area contributed by atoms with Gasteiger partial charge < -0.3 is 9.88 Å². The van der Waals surface area contributed by atoms with Gasteiger partial charge in [0.1, 0.15) is 6.33 Å². The molecule has 19 heavy (non-hydrogen) atoms. The lowest BCUT2D eigenvalue weighted by atomic mass is 10.3. The van der Waals surface area contributed by atoms with E-state index in [0.29, 0.717) is 11.8 Å². The van der Waals surface area contributed by atoms with E-state index in [4.69, 9.17) is 0 Å². The van der Waals surface area contributed by atoms with E-state index >= 15 is 0 Å². The molecule has 1 heterocycles. The minimum Gasteiger partial charge on any atom is -0.325 e. The molecule has 3 rings (SSSR count). The van der Waals surface area contributed by atoms with Crippen molar-refractivity contribution in [3.8, 4) is 0 Å². The van der Waals surface area contributed by atoms with Crippen LogP contribution in [0.4, 0.5) is 5.69 Å². The van der Waals surface area contributed by atoms with E-state index < -0.39 is 0 Å². The maximum Gasteiger partial charge on any atom is 0.234 e. The molecule has 1 aliphatic carbocycles. The highest BCUT2D eigenvalue weighted by Gasteiger charge is 2.26. The summed E-state index contributed by atoms with van der Waals surface area (Å²) >= 11 is 1.43. The fraction of sp³-hybridized carbons (Fsp3) is 0.308. The van der Waals surface area contributed by atoms with Crippen LogP contribution in [0.15, 0.2) is 41.8 Å². The van der Waals surface area contributed by atoms with E-state index in [2.05, 4.69) is 20.1 Å². The molecule has 1 saturated carbocycles. The van der Waals surface area contributed by atoms with E-state index in [1.807, 2.05) is 30.3 Å². The average molecular weight is 274 g/mol. The highest BCUT2D eigenvalue weighted by Crippen LogP contribution is 2.37. The number of thioether (sulfide) groups is 1. The molecule has 1 amide bonds. The van der Waals surface area contributed by atoms with E-state index in [1.165, 1.54) is 24.6 Å². The number of nitrogens with zero attached hydrogens (tertiary/aromatic N) is 3. The SMILES string of the molecule is O=C(CSc1nncn1C1CC1)Nc1ccccc1. The third-order valence-electron chi connectivity index (χ3n) is 2.87. The molecule has 0 saturated heterocycles. The molecule has 0 radical (unpaired) electrons. The van der Waals surface area contributed by atoms with Gasteiger partial charge in [-0.15, -0.1) is 10.2 Å². The first-order chi connectivity index (χ1) is 9.33. The lowest BCUT2D eigenvalue weighted by molar-refractivity contribution is -0.113. The third kappa shape index (κ3) is 3.14. The van der Waals surface area contributed by atoms with Crippen LogP contribution in [0.2, 0.25) is 0 Å². The Morgan fingerprint density at radius 1 is 1.37 bits per heavy atom.